The molecule has 0 saturated carbocycles. The zero-order valence-corrected chi connectivity index (χ0v) is 12.6. The Morgan fingerprint density at radius 1 is 1.24 bits per heavy atom. The van der Waals surface area contributed by atoms with Gasteiger partial charge in [0.1, 0.15) is 11.7 Å². The van der Waals surface area contributed by atoms with Gasteiger partial charge in [0.2, 0.25) is 0 Å². The third kappa shape index (κ3) is 2.71. The van der Waals surface area contributed by atoms with Crippen LogP contribution in [-0.4, -0.2) is 23.9 Å². The maximum absolute atomic E-state index is 7.88. The Morgan fingerprint density at radius 2 is 1.90 bits per heavy atom. The largest absolute Gasteiger partial charge is 0.384 e. The number of nitrogens with two attached hydrogens (primary N) is 1. The van der Waals surface area contributed by atoms with E-state index in [0.29, 0.717) is 11.8 Å². The van der Waals surface area contributed by atoms with E-state index >= 15 is 0 Å². The highest BCUT2D eigenvalue weighted by atomic mass is 15.2. The van der Waals surface area contributed by atoms with E-state index in [1.807, 2.05) is 30.3 Å². The highest BCUT2D eigenvalue weighted by Crippen LogP contribution is 2.29. The summed E-state index contributed by atoms with van der Waals surface area (Å²) in [5, 5.41) is 8.91. The van der Waals surface area contributed by atoms with Crippen molar-refractivity contribution in [2.24, 2.45) is 17.6 Å². The minimum Gasteiger partial charge on any atom is -0.384 e. The third-order valence-corrected chi connectivity index (χ3v) is 4.16. The minimum absolute atomic E-state index is 0.0918. The Balaban J connectivity index is 2.11. The average molecular weight is 282 g/mol. The Bertz CT molecular complexity index is 670. The molecule has 0 radical (unpaired) electrons. The summed E-state index contributed by atoms with van der Waals surface area (Å²) < 4.78 is 0. The number of fused-ring (bicyclic) bond motifs is 1. The topological polar surface area (TPSA) is 66.0 Å². The summed E-state index contributed by atoms with van der Waals surface area (Å²) in [7, 11) is 0. The number of nitrogens with one attached hydrogen (secondary N) is 1. The van der Waals surface area contributed by atoms with Gasteiger partial charge in [0.25, 0.3) is 0 Å². The van der Waals surface area contributed by atoms with Crippen molar-refractivity contribution < 1.29 is 0 Å². The van der Waals surface area contributed by atoms with Crippen LogP contribution in [-0.2, 0) is 0 Å². The van der Waals surface area contributed by atoms with Crippen molar-refractivity contribution in [3.05, 3.63) is 35.9 Å². The molecule has 1 fully saturated rings. The number of rotatable bonds is 2. The maximum Gasteiger partial charge on any atom is 0.140 e. The van der Waals surface area contributed by atoms with E-state index in [9.17, 15) is 0 Å². The number of para-hydroxylation sites is 1. The van der Waals surface area contributed by atoms with Crippen LogP contribution in [0.25, 0.3) is 10.9 Å². The number of nitrogens with zero attached hydrogens (tertiary/aromatic N) is 2. The van der Waals surface area contributed by atoms with Crippen molar-refractivity contribution in [2.75, 3.05) is 18.0 Å². The number of pyridine rings is 1. The van der Waals surface area contributed by atoms with Crippen LogP contribution in [0.2, 0.25) is 0 Å². The van der Waals surface area contributed by atoms with Gasteiger partial charge in [-0.05, 0) is 30.4 Å². The van der Waals surface area contributed by atoms with Crippen LogP contribution in [0.15, 0.2) is 30.3 Å². The first-order valence-electron chi connectivity index (χ1n) is 7.53. The molecule has 4 nitrogen and oxygen atoms in total. The van der Waals surface area contributed by atoms with E-state index in [4.69, 9.17) is 16.1 Å². The molecular formula is C17H22N4. The number of hydrogen-bond acceptors (Lipinski definition) is 3. The monoisotopic (exact) mass is 282 g/mol. The van der Waals surface area contributed by atoms with Gasteiger partial charge in [-0.25, -0.2) is 4.98 Å². The SMILES string of the molecule is CC1CC(C)CN(c2nc3ccccc3cc2C(=N)N)C1. The van der Waals surface area contributed by atoms with E-state index in [1.54, 1.807) is 0 Å². The average Bonchev–Trinajstić information content (AvgIpc) is 2.44. The first kappa shape index (κ1) is 13.9. The molecule has 0 aliphatic carbocycles. The molecule has 0 amide bonds. The Kier molecular flexibility index (Phi) is 3.53. The van der Waals surface area contributed by atoms with Crippen molar-refractivity contribution in [3.63, 3.8) is 0 Å². The summed E-state index contributed by atoms with van der Waals surface area (Å²) in [4.78, 5) is 7.09. The lowest BCUT2D eigenvalue weighted by molar-refractivity contribution is 0.355. The lowest BCUT2D eigenvalue weighted by Crippen LogP contribution is -2.40. The molecule has 1 aliphatic rings. The second-order valence-electron chi connectivity index (χ2n) is 6.32. The lowest BCUT2D eigenvalue weighted by atomic mass is 9.91. The number of nitrogen functional groups attached to an aromatic ring is 1. The molecule has 4 heteroatoms. The molecule has 2 heterocycles. The Morgan fingerprint density at radius 3 is 2.57 bits per heavy atom. The lowest BCUT2D eigenvalue weighted by Gasteiger charge is -2.36. The molecule has 21 heavy (non-hydrogen) atoms. The molecule has 3 rings (SSSR count). The van der Waals surface area contributed by atoms with Crippen molar-refractivity contribution in [1.82, 2.24) is 4.98 Å². The zero-order valence-electron chi connectivity index (χ0n) is 12.6. The molecule has 0 spiro atoms. The maximum atomic E-state index is 7.88. The molecule has 2 atom stereocenters. The van der Waals surface area contributed by atoms with Gasteiger partial charge in [0, 0.05) is 18.5 Å². The minimum atomic E-state index is 0.0918. The van der Waals surface area contributed by atoms with Crippen molar-refractivity contribution >= 4 is 22.6 Å². The van der Waals surface area contributed by atoms with Crippen LogP contribution in [0, 0.1) is 17.2 Å². The molecule has 1 aromatic carbocycles. The molecule has 0 bridgehead atoms. The van der Waals surface area contributed by atoms with Gasteiger partial charge in [-0.1, -0.05) is 32.0 Å². The fourth-order valence-electron chi connectivity index (χ4n) is 3.38. The predicted molar refractivity (Wildman–Crippen MR) is 87.9 cm³/mol. The van der Waals surface area contributed by atoms with Crippen LogP contribution >= 0.6 is 0 Å². The Hall–Kier alpha value is -2.10. The number of anilines is 1. The van der Waals surface area contributed by atoms with Crippen LogP contribution in [0.3, 0.4) is 0 Å². The van der Waals surface area contributed by atoms with Gasteiger partial charge in [0.05, 0.1) is 11.1 Å². The molecular weight excluding hydrogens is 260 g/mol. The number of hydrogen-bond donors (Lipinski definition) is 2. The smallest absolute Gasteiger partial charge is 0.140 e. The molecule has 1 aromatic heterocycles. The second-order valence-corrected chi connectivity index (χ2v) is 6.32. The van der Waals surface area contributed by atoms with Crippen molar-refractivity contribution in [1.29, 1.82) is 5.41 Å². The van der Waals surface area contributed by atoms with E-state index in [0.717, 1.165) is 35.4 Å². The van der Waals surface area contributed by atoms with Crippen molar-refractivity contribution in [2.45, 2.75) is 20.3 Å². The third-order valence-electron chi connectivity index (χ3n) is 4.16. The zero-order chi connectivity index (χ0) is 15.0. The van der Waals surface area contributed by atoms with E-state index in [-0.39, 0.29) is 5.84 Å². The summed E-state index contributed by atoms with van der Waals surface area (Å²) in [5.41, 5.74) is 7.51. The van der Waals surface area contributed by atoms with Gasteiger partial charge >= 0.3 is 0 Å². The summed E-state index contributed by atoms with van der Waals surface area (Å²) in [6.07, 6.45) is 1.25. The fourth-order valence-corrected chi connectivity index (χ4v) is 3.38. The van der Waals surface area contributed by atoms with E-state index < -0.39 is 0 Å². The first-order chi connectivity index (χ1) is 10.0. The van der Waals surface area contributed by atoms with Crippen LogP contribution in [0.5, 0.6) is 0 Å². The molecule has 2 aromatic rings. The summed E-state index contributed by atoms with van der Waals surface area (Å²) in [6, 6.07) is 10.00. The van der Waals surface area contributed by atoms with Gasteiger partial charge in [-0.2, -0.15) is 0 Å². The Labute approximate surface area is 125 Å². The summed E-state index contributed by atoms with van der Waals surface area (Å²) in [5.74, 6) is 2.23. The fraction of sp³-hybridized carbons (Fsp3) is 0.412. The quantitative estimate of drug-likeness (QED) is 0.657. The highest BCUT2D eigenvalue weighted by Gasteiger charge is 2.25. The van der Waals surface area contributed by atoms with E-state index in [1.165, 1.54) is 6.42 Å². The second kappa shape index (κ2) is 5.35. The number of piperidine rings is 1. The van der Waals surface area contributed by atoms with Crippen LogP contribution in [0.1, 0.15) is 25.8 Å². The number of benzene rings is 1. The molecule has 110 valence electrons. The highest BCUT2D eigenvalue weighted by molar-refractivity contribution is 6.03. The molecule has 3 N–H and O–H groups in total. The van der Waals surface area contributed by atoms with Gasteiger partial charge in [-0.15, -0.1) is 0 Å². The number of amidine groups is 1. The summed E-state index contributed by atoms with van der Waals surface area (Å²) in [6.45, 7) is 6.51. The molecule has 1 aliphatic heterocycles. The summed E-state index contributed by atoms with van der Waals surface area (Å²) >= 11 is 0. The molecule has 1 saturated heterocycles. The van der Waals surface area contributed by atoms with Crippen molar-refractivity contribution in [3.8, 4) is 0 Å². The van der Waals surface area contributed by atoms with E-state index in [2.05, 4.69) is 18.7 Å². The first-order valence-corrected chi connectivity index (χ1v) is 7.53. The van der Waals surface area contributed by atoms with Gasteiger partial charge in [0.15, 0.2) is 0 Å². The van der Waals surface area contributed by atoms with Crippen LogP contribution < -0.4 is 10.6 Å². The standard InChI is InChI=1S/C17H22N4/c1-11-7-12(2)10-21(9-11)17-14(16(18)19)8-13-5-3-4-6-15(13)20-17/h3-6,8,11-12H,7,9-10H2,1-2H3,(H3,18,19). The predicted octanol–water partition coefficient (Wildman–Crippen LogP) is 3.00. The van der Waals surface area contributed by atoms with Gasteiger partial charge < -0.3 is 10.6 Å². The van der Waals surface area contributed by atoms with Crippen LogP contribution in [0.4, 0.5) is 5.82 Å². The number of aromatic nitrogens is 1. The van der Waals surface area contributed by atoms with Gasteiger partial charge in [-0.3, -0.25) is 5.41 Å². The molecule has 2 unspecified atom stereocenters. The normalized spacial score (nSPS) is 22.5.